The Morgan fingerprint density at radius 2 is 1.88 bits per heavy atom. The van der Waals surface area contributed by atoms with E-state index < -0.39 is 0 Å². The molecule has 0 aliphatic heterocycles. The van der Waals surface area contributed by atoms with Gasteiger partial charge in [-0.15, -0.1) is 0 Å². The summed E-state index contributed by atoms with van der Waals surface area (Å²) < 4.78 is 1.66. The number of amides is 1. The Morgan fingerprint density at radius 1 is 1.12 bits per heavy atom. The van der Waals surface area contributed by atoms with Crippen LogP contribution in [-0.4, -0.2) is 22.2 Å². The Kier molecular flexibility index (Phi) is 5.93. The van der Waals surface area contributed by atoms with Gasteiger partial charge in [-0.1, -0.05) is 59.6 Å². The smallest absolute Gasteiger partial charge is 0.255 e. The van der Waals surface area contributed by atoms with Crippen LogP contribution in [0.2, 0.25) is 10.0 Å². The standard InChI is InChI=1S/C19H18Cl2N4O/c20-16-7-6-14(10-17(16)21)18-15(12-25(24-18)9-8-22)19(26)23-11-13-4-2-1-3-5-13/h1-7,10,12H,8-9,11,22H2,(H,23,26). The third-order valence-corrected chi connectivity index (χ3v) is 4.59. The van der Waals surface area contributed by atoms with E-state index in [-0.39, 0.29) is 5.91 Å². The monoisotopic (exact) mass is 388 g/mol. The summed E-state index contributed by atoms with van der Waals surface area (Å²) in [7, 11) is 0. The summed E-state index contributed by atoms with van der Waals surface area (Å²) in [6.45, 7) is 1.37. The lowest BCUT2D eigenvalue weighted by atomic mass is 10.1. The zero-order valence-electron chi connectivity index (χ0n) is 14.0. The minimum absolute atomic E-state index is 0.210. The van der Waals surface area contributed by atoms with Crippen molar-refractivity contribution in [3.63, 3.8) is 0 Å². The molecule has 134 valence electrons. The molecule has 26 heavy (non-hydrogen) atoms. The van der Waals surface area contributed by atoms with Crippen molar-refractivity contribution in [3.05, 3.63) is 75.9 Å². The van der Waals surface area contributed by atoms with Crippen LogP contribution in [0.5, 0.6) is 0 Å². The number of hydrogen-bond acceptors (Lipinski definition) is 3. The van der Waals surface area contributed by atoms with Crippen LogP contribution in [0.15, 0.2) is 54.7 Å². The van der Waals surface area contributed by atoms with E-state index in [4.69, 9.17) is 28.9 Å². The Bertz CT molecular complexity index is 909. The summed E-state index contributed by atoms with van der Waals surface area (Å²) in [5.74, 6) is -0.210. The van der Waals surface area contributed by atoms with E-state index in [1.807, 2.05) is 30.3 Å². The van der Waals surface area contributed by atoms with Crippen LogP contribution in [-0.2, 0) is 13.1 Å². The molecule has 7 heteroatoms. The molecule has 1 aromatic heterocycles. The highest BCUT2D eigenvalue weighted by Crippen LogP contribution is 2.29. The van der Waals surface area contributed by atoms with Gasteiger partial charge in [0.25, 0.3) is 5.91 Å². The molecule has 0 atom stereocenters. The predicted octanol–water partition coefficient (Wildman–Crippen LogP) is 3.75. The van der Waals surface area contributed by atoms with Gasteiger partial charge in [0.15, 0.2) is 0 Å². The van der Waals surface area contributed by atoms with Crippen LogP contribution < -0.4 is 11.1 Å². The molecule has 3 rings (SSSR count). The molecule has 0 aliphatic rings. The van der Waals surface area contributed by atoms with Gasteiger partial charge in [-0.2, -0.15) is 5.10 Å². The first-order valence-corrected chi connectivity index (χ1v) is 8.89. The minimum atomic E-state index is -0.210. The SMILES string of the molecule is NCCn1cc(C(=O)NCc2ccccc2)c(-c2ccc(Cl)c(Cl)c2)n1. The van der Waals surface area contributed by atoms with Crippen molar-refractivity contribution in [2.45, 2.75) is 13.1 Å². The number of nitrogens with zero attached hydrogens (tertiary/aromatic N) is 2. The first kappa shape index (κ1) is 18.5. The molecule has 0 saturated carbocycles. The van der Waals surface area contributed by atoms with E-state index in [1.165, 1.54) is 0 Å². The molecule has 0 radical (unpaired) electrons. The van der Waals surface area contributed by atoms with Crippen molar-refractivity contribution in [2.24, 2.45) is 5.73 Å². The molecule has 3 N–H and O–H groups in total. The zero-order chi connectivity index (χ0) is 18.5. The second-order valence-corrected chi connectivity index (χ2v) is 6.55. The van der Waals surface area contributed by atoms with Gasteiger partial charge in [-0.3, -0.25) is 9.48 Å². The molecule has 0 bridgehead atoms. The summed E-state index contributed by atoms with van der Waals surface area (Å²) in [6, 6.07) is 14.9. The Morgan fingerprint density at radius 3 is 2.58 bits per heavy atom. The van der Waals surface area contributed by atoms with E-state index in [9.17, 15) is 4.79 Å². The van der Waals surface area contributed by atoms with E-state index in [2.05, 4.69) is 10.4 Å². The Labute approximate surface area is 161 Å². The molecule has 2 aromatic carbocycles. The summed E-state index contributed by atoms with van der Waals surface area (Å²) in [5, 5.41) is 8.28. The highest BCUT2D eigenvalue weighted by atomic mass is 35.5. The number of nitrogens with two attached hydrogens (primary N) is 1. The largest absolute Gasteiger partial charge is 0.348 e. The molecule has 5 nitrogen and oxygen atoms in total. The zero-order valence-corrected chi connectivity index (χ0v) is 15.5. The van der Waals surface area contributed by atoms with E-state index >= 15 is 0 Å². The normalized spacial score (nSPS) is 10.7. The number of carbonyl (C=O) groups excluding carboxylic acids is 1. The number of hydrogen-bond donors (Lipinski definition) is 2. The van der Waals surface area contributed by atoms with Gasteiger partial charge >= 0.3 is 0 Å². The van der Waals surface area contributed by atoms with Gasteiger partial charge in [0.05, 0.1) is 22.2 Å². The summed E-state index contributed by atoms with van der Waals surface area (Å²) in [5.41, 5.74) is 8.36. The number of nitrogens with one attached hydrogen (secondary N) is 1. The van der Waals surface area contributed by atoms with Gasteiger partial charge in [0.1, 0.15) is 5.69 Å². The van der Waals surface area contributed by atoms with Crippen LogP contribution in [0.3, 0.4) is 0 Å². The first-order valence-electron chi connectivity index (χ1n) is 8.13. The van der Waals surface area contributed by atoms with Crippen molar-refractivity contribution in [1.29, 1.82) is 0 Å². The molecule has 3 aromatic rings. The number of carbonyl (C=O) groups is 1. The van der Waals surface area contributed by atoms with Gasteiger partial charge in [-0.05, 0) is 17.7 Å². The average molecular weight is 389 g/mol. The lowest BCUT2D eigenvalue weighted by Crippen LogP contribution is -2.23. The van der Waals surface area contributed by atoms with Crippen LogP contribution in [0, 0.1) is 0 Å². The molecule has 0 unspecified atom stereocenters. The van der Waals surface area contributed by atoms with Crippen molar-refractivity contribution in [2.75, 3.05) is 6.54 Å². The summed E-state index contributed by atoms with van der Waals surface area (Å²) >= 11 is 12.1. The topological polar surface area (TPSA) is 72.9 Å². The molecular formula is C19H18Cl2N4O. The maximum absolute atomic E-state index is 12.7. The lowest BCUT2D eigenvalue weighted by molar-refractivity contribution is 0.0951. The second-order valence-electron chi connectivity index (χ2n) is 5.74. The van der Waals surface area contributed by atoms with Crippen LogP contribution in [0.1, 0.15) is 15.9 Å². The quantitative estimate of drug-likeness (QED) is 0.675. The molecule has 1 amide bonds. The number of rotatable bonds is 6. The number of benzene rings is 2. The Balaban J connectivity index is 1.89. The molecule has 0 fully saturated rings. The molecule has 0 spiro atoms. The maximum Gasteiger partial charge on any atom is 0.255 e. The van der Waals surface area contributed by atoms with Crippen LogP contribution >= 0.6 is 23.2 Å². The highest BCUT2D eigenvalue weighted by Gasteiger charge is 2.18. The first-order chi connectivity index (χ1) is 12.6. The molecule has 0 aliphatic carbocycles. The number of halogens is 2. The second kappa shape index (κ2) is 8.36. The summed E-state index contributed by atoms with van der Waals surface area (Å²) in [4.78, 5) is 12.7. The van der Waals surface area contributed by atoms with E-state index in [0.717, 1.165) is 11.1 Å². The van der Waals surface area contributed by atoms with Gasteiger partial charge in [-0.25, -0.2) is 0 Å². The number of aromatic nitrogens is 2. The average Bonchev–Trinajstić information content (AvgIpc) is 3.07. The van der Waals surface area contributed by atoms with Gasteiger partial charge in [0, 0.05) is 24.8 Å². The van der Waals surface area contributed by atoms with Crippen LogP contribution in [0.25, 0.3) is 11.3 Å². The van der Waals surface area contributed by atoms with E-state index in [1.54, 1.807) is 29.1 Å². The minimum Gasteiger partial charge on any atom is -0.348 e. The fourth-order valence-corrected chi connectivity index (χ4v) is 2.86. The van der Waals surface area contributed by atoms with Crippen molar-refractivity contribution in [3.8, 4) is 11.3 Å². The van der Waals surface area contributed by atoms with E-state index in [0.29, 0.717) is 40.9 Å². The molecule has 0 saturated heterocycles. The fraction of sp³-hybridized carbons (Fsp3) is 0.158. The molecular weight excluding hydrogens is 371 g/mol. The third-order valence-electron chi connectivity index (χ3n) is 3.85. The third kappa shape index (κ3) is 4.25. The fourth-order valence-electron chi connectivity index (χ4n) is 2.56. The van der Waals surface area contributed by atoms with Crippen molar-refractivity contribution < 1.29 is 4.79 Å². The summed E-state index contributed by atoms with van der Waals surface area (Å²) in [6.07, 6.45) is 1.70. The maximum atomic E-state index is 12.7. The van der Waals surface area contributed by atoms with Gasteiger partial charge < -0.3 is 11.1 Å². The molecule has 1 heterocycles. The Hall–Kier alpha value is -2.34. The van der Waals surface area contributed by atoms with Crippen molar-refractivity contribution in [1.82, 2.24) is 15.1 Å². The van der Waals surface area contributed by atoms with Gasteiger partial charge in [0.2, 0.25) is 0 Å². The van der Waals surface area contributed by atoms with Crippen molar-refractivity contribution >= 4 is 29.1 Å². The highest BCUT2D eigenvalue weighted by molar-refractivity contribution is 6.42. The van der Waals surface area contributed by atoms with Crippen LogP contribution in [0.4, 0.5) is 0 Å². The lowest BCUT2D eigenvalue weighted by Gasteiger charge is -2.06. The predicted molar refractivity (Wildman–Crippen MR) is 104 cm³/mol.